The topological polar surface area (TPSA) is 32.7 Å². The van der Waals surface area contributed by atoms with E-state index in [1.165, 1.54) is 0 Å². The Kier molecular flexibility index (Phi) is 4.73. The van der Waals surface area contributed by atoms with Gasteiger partial charge >= 0.3 is 0 Å². The first-order valence-corrected chi connectivity index (χ1v) is 6.78. The van der Waals surface area contributed by atoms with Gasteiger partial charge in [0.2, 0.25) is 0 Å². The molecule has 0 unspecified atom stereocenters. The highest BCUT2D eigenvalue weighted by Gasteiger charge is 2.25. The summed E-state index contributed by atoms with van der Waals surface area (Å²) in [5.41, 5.74) is 0.968. The second-order valence-electron chi connectivity index (χ2n) is 4.53. The Balaban J connectivity index is 2.22. The van der Waals surface area contributed by atoms with Crippen molar-refractivity contribution in [2.75, 3.05) is 20.3 Å². The van der Waals surface area contributed by atoms with Crippen molar-refractivity contribution in [3.8, 4) is 5.75 Å². The monoisotopic (exact) mass is 289 g/mol. The van der Waals surface area contributed by atoms with Gasteiger partial charge in [-0.3, -0.25) is 4.90 Å². The van der Waals surface area contributed by atoms with Crippen LogP contribution in [0.5, 0.6) is 5.75 Å². The van der Waals surface area contributed by atoms with E-state index < -0.39 is 0 Å². The Labute approximate surface area is 117 Å². The molecule has 0 aromatic heterocycles. The molecule has 2 rings (SSSR count). The van der Waals surface area contributed by atoms with Crippen LogP contribution in [-0.4, -0.2) is 36.3 Å². The quantitative estimate of drug-likeness (QED) is 0.925. The number of halogens is 2. The minimum absolute atomic E-state index is 0.191. The minimum Gasteiger partial charge on any atom is -0.495 e. The van der Waals surface area contributed by atoms with Crippen molar-refractivity contribution in [3.63, 3.8) is 0 Å². The number of rotatable bonds is 4. The number of aliphatic hydroxyl groups excluding tert-OH is 1. The van der Waals surface area contributed by atoms with Crippen molar-refractivity contribution < 1.29 is 9.84 Å². The third-order valence-electron chi connectivity index (χ3n) is 3.37. The normalized spacial score (nSPS) is 20.3. The number of nitrogens with zero attached hydrogens (tertiary/aromatic N) is 1. The van der Waals surface area contributed by atoms with Gasteiger partial charge in [-0.1, -0.05) is 23.2 Å². The first-order valence-electron chi connectivity index (χ1n) is 6.02. The summed E-state index contributed by atoms with van der Waals surface area (Å²) in [4.78, 5) is 2.24. The molecule has 1 aromatic rings. The van der Waals surface area contributed by atoms with Gasteiger partial charge in [-0.2, -0.15) is 0 Å². The number of benzene rings is 1. The van der Waals surface area contributed by atoms with Gasteiger partial charge in [-0.25, -0.2) is 0 Å². The molecule has 18 heavy (non-hydrogen) atoms. The molecule has 3 nitrogen and oxygen atoms in total. The van der Waals surface area contributed by atoms with Crippen LogP contribution in [0.3, 0.4) is 0 Å². The summed E-state index contributed by atoms with van der Waals surface area (Å²) in [6.07, 6.45) is 2.15. The Morgan fingerprint density at radius 3 is 2.89 bits per heavy atom. The molecule has 0 saturated carbocycles. The molecule has 1 N–H and O–H groups in total. The fraction of sp³-hybridized carbons (Fsp3) is 0.538. The average Bonchev–Trinajstić information content (AvgIpc) is 2.76. The highest BCUT2D eigenvalue weighted by atomic mass is 35.5. The number of hydrogen-bond acceptors (Lipinski definition) is 3. The molecular formula is C13H17Cl2NO2. The molecule has 1 aliphatic rings. The maximum Gasteiger partial charge on any atom is 0.142 e. The van der Waals surface area contributed by atoms with Gasteiger partial charge in [-0.05, 0) is 31.5 Å². The zero-order chi connectivity index (χ0) is 13.1. The third-order valence-corrected chi connectivity index (χ3v) is 3.87. The summed E-state index contributed by atoms with van der Waals surface area (Å²) in [6.45, 7) is 1.88. The van der Waals surface area contributed by atoms with Gasteiger partial charge in [-0.15, -0.1) is 0 Å². The lowest BCUT2D eigenvalue weighted by atomic mass is 10.1. The highest BCUT2D eigenvalue weighted by molar-refractivity contribution is 6.35. The number of methoxy groups -OCH3 is 1. The fourth-order valence-corrected chi connectivity index (χ4v) is 3.10. The molecule has 0 amide bonds. The molecule has 1 fully saturated rings. The Bertz CT molecular complexity index is 426. The Hall–Kier alpha value is -0.480. The predicted octanol–water partition coefficient (Wildman–Crippen LogP) is 2.96. The lowest BCUT2D eigenvalue weighted by molar-refractivity contribution is 0.152. The molecule has 1 aromatic carbocycles. The lowest BCUT2D eigenvalue weighted by Gasteiger charge is -2.24. The van der Waals surface area contributed by atoms with Gasteiger partial charge in [0.15, 0.2) is 0 Å². The van der Waals surface area contributed by atoms with Gasteiger partial charge in [0.25, 0.3) is 0 Å². The predicted molar refractivity (Wildman–Crippen MR) is 73.5 cm³/mol. The summed E-state index contributed by atoms with van der Waals surface area (Å²) in [5, 5.41) is 10.5. The van der Waals surface area contributed by atoms with Crippen molar-refractivity contribution in [2.24, 2.45) is 0 Å². The van der Waals surface area contributed by atoms with E-state index in [0.717, 1.165) is 24.9 Å². The third kappa shape index (κ3) is 2.91. The number of hydrogen-bond donors (Lipinski definition) is 1. The number of likely N-dealkylation sites (tertiary alicyclic amines) is 1. The summed E-state index contributed by atoms with van der Waals surface area (Å²) >= 11 is 12.1. The first-order chi connectivity index (χ1) is 8.65. The number of aliphatic hydroxyl groups is 1. The van der Waals surface area contributed by atoms with Crippen molar-refractivity contribution in [1.82, 2.24) is 4.90 Å². The van der Waals surface area contributed by atoms with E-state index in [1.54, 1.807) is 13.2 Å². The van der Waals surface area contributed by atoms with Crippen LogP contribution in [0, 0.1) is 0 Å². The minimum atomic E-state index is 0.191. The van der Waals surface area contributed by atoms with Gasteiger partial charge in [0, 0.05) is 23.2 Å². The van der Waals surface area contributed by atoms with Crippen LogP contribution < -0.4 is 4.74 Å². The van der Waals surface area contributed by atoms with E-state index in [1.807, 2.05) is 6.07 Å². The largest absolute Gasteiger partial charge is 0.495 e. The van der Waals surface area contributed by atoms with Crippen molar-refractivity contribution in [2.45, 2.75) is 25.4 Å². The zero-order valence-electron chi connectivity index (χ0n) is 10.3. The standard InChI is InChI=1S/C13H17Cl2NO2/c1-18-13-9(5-10(14)6-12(13)15)7-16-4-2-3-11(16)8-17/h5-6,11,17H,2-4,7-8H2,1H3/t11-/m1/s1. The highest BCUT2D eigenvalue weighted by Crippen LogP contribution is 2.34. The van der Waals surface area contributed by atoms with E-state index in [-0.39, 0.29) is 12.6 Å². The first kappa shape index (κ1) is 13.9. The van der Waals surface area contributed by atoms with Crippen LogP contribution in [0.2, 0.25) is 10.0 Å². The SMILES string of the molecule is COc1c(Cl)cc(Cl)cc1CN1CCC[C@@H]1CO. The van der Waals surface area contributed by atoms with Crippen LogP contribution in [0.15, 0.2) is 12.1 Å². The Morgan fingerprint density at radius 1 is 1.44 bits per heavy atom. The molecule has 0 aliphatic carbocycles. The second kappa shape index (κ2) is 6.11. The van der Waals surface area contributed by atoms with Crippen LogP contribution in [-0.2, 0) is 6.54 Å². The molecule has 100 valence electrons. The maximum absolute atomic E-state index is 9.33. The molecule has 5 heteroatoms. The van der Waals surface area contributed by atoms with Gasteiger partial charge < -0.3 is 9.84 Å². The maximum atomic E-state index is 9.33. The molecule has 0 spiro atoms. The van der Waals surface area contributed by atoms with Crippen molar-refractivity contribution in [1.29, 1.82) is 0 Å². The second-order valence-corrected chi connectivity index (χ2v) is 5.37. The van der Waals surface area contributed by atoms with E-state index in [0.29, 0.717) is 22.3 Å². The summed E-state index contributed by atoms with van der Waals surface area (Å²) < 4.78 is 5.33. The average molecular weight is 290 g/mol. The molecule has 1 heterocycles. The van der Waals surface area contributed by atoms with Crippen LogP contribution in [0.4, 0.5) is 0 Å². The molecular weight excluding hydrogens is 273 g/mol. The van der Waals surface area contributed by atoms with E-state index >= 15 is 0 Å². The lowest BCUT2D eigenvalue weighted by Crippen LogP contribution is -2.31. The number of ether oxygens (including phenoxy) is 1. The smallest absolute Gasteiger partial charge is 0.142 e. The molecule has 0 radical (unpaired) electrons. The van der Waals surface area contributed by atoms with E-state index in [2.05, 4.69) is 4.90 Å². The van der Waals surface area contributed by atoms with Crippen LogP contribution in [0.1, 0.15) is 18.4 Å². The van der Waals surface area contributed by atoms with Crippen LogP contribution in [0.25, 0.3) is 0 Å². The van der Waals surface area contributed by atoms with E-state index in [9.17, 15) is 5.11 Å². The fourth-order valence-electron chi connectivity index (χ4n) is 2.49. The van der Waals surface area contributed by atoms with Crippen molar-refractivity contribution >= 4 is 23.2 Å². The molecule has 0 bridgehead atoms. The van der Waals surface area contributed by atoms with Crippen molar-refractivity contribution in [3.05, 3.63) is 27.7 Å². The Morgan fingerprint density at radius 2 is 2.22 bits per heavy atom. The molecule has 1 saturated heterocycles. The van der Waals surface area contributed by atoms with Gasteiger partial charge in [0.05, 0.1) is 18.7 Å². The van der Waals surface area contributed by atoms with E-state index in [4.69, 9.17) is 27.9 Å². The molecule has 1 atom stereocenters. The molecule has 1 aliphatic heterocycles. The van der Waals surface area contributed by atoms with Gasteiger partial charge in [0.1, 0.15) is 5.75 Å². The van der Waals surface area contributed by atoms with Crippen LogP contribution >= 0.6 is 23.2 Å². The summed E-state index contributed by atoms with van der Waals surface area (Å²) in [7, 11) is 1.60. The zero-order valence-corrected chi connectivity index (χ0v) is 11.8. The summed E-state index contributed by atoms with van der Waals surface area (Å²) in [6, 6.07) is 3.78. The summed E-state index contributed by atoms with van der Waals surface area (Å²) in [5.74, 6) is 0.671.